The van der Waals surface area contributed by atoms with E-state index in [1.807, 2.05) is 0 Å². The molecule has 4 heteroatoms. The maximum absolute atomic E-state index is 11.0. The Morgan fingerprint density at radius 3 is 2.33 bits per heavy atom. The zero-order chi connectivity index (χ0) is 9.78. The van der Waals surface area contributed by atoms with Crippen molar-refractivity contribution in [2.45, 2.75) is 39.3 Å². The van der Waals surface area contributed by atoms with Gasteiger partial charge in [-0.05, 0) is 27.7 Å². The zero-order valence-electron chi connectivity index (χ0n) is 8.01. The first-order valence-corrected chi connectivity index (χ1v) is 3.93. The van der Waals surface area contributed by atoms with E-state index in [-0.39, 0.29) is 12.6 Å². The van der Waals surface area contributed by atoms with E-state index in [0.717, 1.165) is 0 Å². The Bertz CT molecular complexity index is 151. The maximum atomic E-state index is 11.0. The summed E-state index contributed by atoms with van der Waals surface area (Å²) in [5.41, 5.74) is -0.507. The molecular weight excluding hydrogens is 158 g/mol. The second kappa shape index (κ2) is 4.30. The number of carbonyl (C=O) groups excluding carboxylic acids is 1. The minimum absolute atomic E-state index is 0.334. The molecule has 0 aliphatic heterocycles. The quantitative estimate of drug-likeness (QED) is 0.686. The fraction of sp³-hybridized carbons (Fsp3) is 0.875. The number of nitrogens with one attached hydrogen (secondary N) is 1. The van der Waals surface area contributed by atoms with Crippen molar-refractivity contribution in [3.05, 3.63) is 0 Å². The lowest BCUT2D eigenvalue weighted by Crippen LogP contribution is -2.39. The van der Waals surface area contributed by atoms with Gasteiger partial charge in [0.1, 0.15) is 12.2 Å². The average Bonchev–Trinajstić information content (AvgIpc) is 1.82. The Hall–Kier alpha value is -0.770. The van der Waals surface area contributed by atoms with Crippen molar-refractivity contribution < 1.29 is 14.6 Å². The van der Waals surface area contributed by atoms with Crippen LogP contribution in [0.4, 0.5) is 4.79 Å². The van der Waals surface area contributed by atoms with E-state index in [4.69, 9.17) is 4.74 Å². The Labute approximate surface area is 72.9 Å². The first-order chi connectivity index (χ1) is 5.35. The normalized spacial score (nSPS) is 13.8. The predicted molar refractivity (Wildman–Crippen MR) is 44.4 cm³/mol. The standard InChI is InChI=1S/C8H16NO3/c1-6(5-10)9-7(11)12-8(2,3)4/h6H,5H2,1-4H3,(H,9,11)/t6-/m1/s1. The first kappa shape index (κ1) is 11.2. The van der Waals surface area contributed by atoms with E-state index >= 15 is 0 Å². The van der Waals surface area contributed by atoms with E-state index in [1.54, 1.807) is 27.7 Å². The lowest BCUT2D eigenvalue weighted by Gasteiger charge is -2.20. The van der Waals surface area contributed by atoms with Crippen LogP contribution in [0.5, 0.6) is 0 Å². The predicted octanol–water partition coefficient (Wildman–Crippen LogP) is 1.33. The molecule has 0 aromatic rings. The fourth-order valence-corrected chi connectivity index (χ4v) is 0.550. The largest absolute Gasteiger partial charge is 0.444 e. The molecular formula is C8H16NO3. The van der Waals surface area contributed by atoms with Gasteiger partial charge in [0, 0.05) is 0 Å². The number of hydrogen-bond donors (Lipinski definition) is 1. The molecule has 71 valence electrons. The molecule has 0 heterocycles. The summed E-state index contributed by atoms with van der Waals surface area (Å²) in [5, 5.41) is 12.7. The van der Waals surface area contributed by atoms with E-state index in [2.05, 4.69) is 5.32 Å². The Morgan fingerprint density at radius 2 is 2.00 bits per heavy atom. The first-order valence-electron chi connectivity index (χ1n) is 3.93. The molecule has 1 N–H and O–H groups in total. The number of amides is 1. The molecule has 1 amide bonds. The van der Waals surface area contributed by atoms with Gasteiger partial charge < -0.3 is 10.1 Å². The van der Waals surface area contributed by atoms with Crippen molar-refractivity contribution in [3.63, 3.8) is 0 Å². The molecule has 0 aliphatic carbocycles. The van der Waals surface area contributed by atoms with E-state index in [9.17, 15) is 9.90 Å². The van der Waals surface area contributed by atoms with Gasteiger partial charge in [-0.15, -0.1) is 0 Å². The third kappa shape index (κ3) is 5.97. The molecule has 0 bridgehead atoms. The highest BCUT2D eigenvalue weighted by Crippen LogP contribution is 2.06. The molecule has 0 aromatic heterocycles. The van der Waals surface area contributed by atoms with Gasteiger partial charge in [0.05, 0.1) is 6.04 Å². The minimum Gasteiger partial charge on any atom is -0.444 e. The molecule has 0 fully saturated rings. The molecule has 4 nitrogen and oxygen atoms in total. The summed E-state index contributed by atoms with van der Waals surface area (Å²) in [5.74, 6) is 0. The van der Waals surface area contributed by atoms with Gasteiger partial charge in [0.15, 0.2) is 0 Å². The number of carbonyl (C=O) groups is 1. The third-order valence-corrected chi connectivity index (χ3v) is 1.01. The molecule has 0 saturated carbocycles. The van der Waals surface area contributed by atoms with Gasteiger partial charge in [-0.3, -0.25) is 0 Å². The lowest BCUT2D eigenvalue weighted by atomic mass is 10.2. The number of rotatable bonds is 2. The van der Waals surface area contributed by atoms with Crippen molar-refractivity contribution in [2.75, 3.05) is 6.61 Å². The molecule has 1 radical (unpaired) electrons. The Kier molecular flexibility index (Phi) is 4.03. The molecule has 0 rings (SSSR count). The topological polar surface area (TPSA) is 58.2 Å². The van der Waals surface area contributed by atoms with Gasteiger partial charge in [-0.1, -0.05) is 0 Å². The number of ether oxygens (including phenoxy) is 1. The summed E-state index contributed by atoms with van der Waals surface area (Å²) < 4.78 is 4.92. The Morgan fingerprint density at radius 1 is 1.50 bits per heavy atom. The average molecular weight is 174 g/mol. The summed E-state index contributed by atoms with van der Waals surface area (Å²) >= 11 is 0. The summed E-state index contributed by atoms with van der Waals surface area (Å²) in [4.78, 5) is 11.0. The zero-order valence-corrected chi connectivity index (χ0v) is 8.01. The summed E-state index contributed by atoms with van der Waals surface area (Å²) in [6.07, 6.45) is -0.536. The number of hydrogen-bond acceptors (Lipinski definition) is 2. The second-order valence-electron chi connectivity index (χ2n) is 3.71. The van der Waals surface area contributed by atoms with Crippen LogP contribution in [-0.4, -0.2) is 24.3 Å². The fourth-order valence-electron chi connectivity index (χ4n) is 0.550. The van der Waals surface area contributed by atoms with E-state index in [1.165, 1.54) is 0 Å². The minimum atomic E-state index is -0.536. The lowest BCUT2D eigenvalue weighted by molar-refractivity contribution is 0.0470. The van der Waals surface area contributed by atoms with Gasteiger partial charge in [0.2, 0.25) is 0 Å². The maximum Gasteiger partial charge on any atom is 0.407 e. The SMILES string of the molecule is C[C@H](C[O])NC(=O)OC(C)(C)C. The monoisotopic (exact) mass is 174 g/mol. The van der Waals surface area contributed by atoms with Crippen molar-refractivity contribution in [1.29, 1.82) is 0 Å². The molecule has 0 saturated heterocycles. The second-order valence-corrected chi connectivity index (χ2v) is 3.71. The van der Waals surface area contributed by atoms with Crippen molar-refractivity contribution in [2.24, 2.45) is 0 Å². The van der Waals surface area contributed by atoms with Crippen LogP contribution in [0.2, 0.25) is 0 Å². The van der Waals surface area contributed by atoms with E-state index < -0.39 is 11.7 Å². The van der Waals surface area contributed by atoms with Crippen molar-refractivity contribution in [3.8, 4) is 0 Å². The summed E-state index contributed by atoms with van der Waals surface area (Å²) in [7, 11) is 0. The van der Waals surface area contributed by atoms with Crippen LogP contribution >= 0.6 is 0 Å². The van der Waals surface area contributed by atoms with Gasteiger partial charge >= 0.3 is 6.09 Å². The molecule has 0 spiro atoms. The van der Waals surface area contributed by atoms with Crippen LogP contribution in [0.1, 0.15) is 27.7 Å². The molecule has 0 aliphatic rings. The van der Waals surface area contributed by atoms with E-state index in [0.29, 0.717) is 0 Å². The summed E-state index contributed by atoms with van der Waals surface area (Å²) in [6.45, 7) is 6.62. The van der Waals surface area contributed by atoms with Crippen LogP contribution < -0.4 is 5.32 Å². The molecule has 0 unspecified atom stereocenters. The van der Waals surface area contributed by atoms with Gasteiger partial charge in [-0.2, -0.15) is 0 Å². The molecule has 0 aromatic carbocycles. The smallest absolute Gasteiger partial charge is 0.407 e. The van der Waals surface area contributed by atoms with Crippen molar-refractivity contribution >= 4 is 6.09 Å². The Balaban J connectivity index is 3.75. The van der Waals surface area contributed by atoms with Crippen LogP contribution in [0.15, 0.2) is 0 Å². The third-order valence-electron chi connectivity index (χ3n) is 1.01. The van der Waals surface area contributed by atoms with Crippen LogP contribution in [0.25, 0.3) is 0 Å². The summed E-state index contributed by atoms with van der Waals surface area (Å²) in [6, 6.07) is -0.375. The highest BCUT2D eigenvalue weighted by Gasteiger charge is 2.17. The highest BCUT2D eigenvalue weighted by molar-refractivity contribution is 5.67. The number of alkyl carbamates (subject to hydrolysis) is 1. The van der Waals surface area contributed by atoms with Crippen LogP contribution in [0, 0.1) is 0 Å². The highest BCUT2D eigenvalue weighted by atomic mass is 16.6. The molecule has 1 atom stereocenters. The van der Waals surface area contributed by atoms with Crippen LogP contribution in [0.3, 0.4) is 0 Å². The van der Waals surface area contributed by atoms with Crippen LogP contribution in [-0.2, 0) is 9.84 Å². The molecule has 12 heavy (non-hydrogen) atoms. The van der Waals surface area contributed by atoms with Gasteiger partial charge in [-0.25, -0.2) is 9.90 Å². The van der Waals surface area contributed by atoms with Gasteiger partial charge in [0.25, 0.3) is 0 Å². The van der Waals surface area contributed by atoms with Crippen molar-refractivity contribution in [1.82, 2.24) is 5.32 Å².